The lowest BCUT2D eigenvalue weighted by molar-refractivity contribution is -0.122. The third kappa shape index (κ3) is 6.12. The summed E-state index contributed by atoms with van der Waals surface area (Å²) in [7, 11) is 0. The predicted octanol–water partition coefficient (Wildman–Crippen LogP) is 3.90. The van der Waals surface area contributed by atoms with Crippen LogP contribution in [0.25, 0.3) is 10.6 Å². The van der Waals surface area contributed by atoms with E-state index in [1.54, 1.807) is 0 Å². The highest BCUT2D eigenvalue weighted by Gasteiger charge is 2.27. The molecule has 1 aliphatic heterocycles. The summed E-state index contributed by atoms with van der Waals surface area (Å²) in [6.07, 6.45) is 3.10. The van der Waals surface area contributed by atoms with Gasteiger partial charge in [0, 0.05) is 44.8 Å². The van der Waals surface area contributed by atoms with Crippen LogP contribution in [-0.4, -0.2) is 54.5 Å². The van der Waals surface area contributed by atoms with Gasteiger partial charge in [0.15, 0.2) is 0 Å². The largest absolute Gasteiger partial charge is 0.382 e. The van der Waals surface area contributed by atoms with E-state index in [2.05, 4.69) is 10.3 Å². The van der Waals surface area contributed by atoms with E-state index in [9.17, 15) is 9.59 Å². The number of hydrogen-bond acceptors (Lipinski definition) is 5. The molecule has 1 saturated heterocycles. The van der Waals surface area contributed by atoms with Crippen LogP contribution in [0, 0.1) is 12.8 Å². The Balaban J connectivity index is 1.46. The molecule has 6 nitrogen and oxygen atoms in total. The number of piperidine rings is 1. The Morgan fingerprint density at radius 2 is 1.97 bits per heavy atom. The molecule has 7 heteroatoms. The average Bonchev–Trinajstić information content (AvgIpc) is 3.16. The number of rotatable bonds is 9. The van der Waals surface area contributed by atoms with Crippen LogP contribution >= 0.6 is 11.3 Å². The molecule has 2 aromatic rings. The zero-order valence-electron chi connectivity index (χ0n) is 17.9. The van der Waals surface area contributed by atoms with Gasteiger partial charge in [-0.25, -0.2) is 4.98 Å². The first kappa shape index (κ1) is 22.4. The number of carbonyl (C=O) groups is 2. The van der Waals surface area contributed by atoms with Gasteiger partial charge < -0.3 is 15.0 Å². The molecule has 1 aromatic heterocycles. The number of nitrogens with zero attached hydrogens (tertiary/aromatic N) is 2. The van der Waals surface area contributed by atoms with Crippen LogP contribution in [0.4, 0.5) is 0 Å². The lowest BCUT2D eigenvalue weighted by Crippen LogP contribution is -2.39. The van der Waals surface area contributed by atoms with Crippen molar-refractivity contribution < 1.29 is 14.3 Å². The van der Waals surface area contributed by atoms with Crippen molar-refractivity contribution >= 4 is 23.2 Å². The number of ether oxygens (including phenoxy) is 1. The molecule has 3 rings (SSSR count). The second kappa shape index (κ2) is 11.2. The van der Waals surface area contributed by atoms with Gasteiger partial charge in [-0.1, -0.05) is 30.3 Å². The van der Waals surface area contributed by atoms with Crippen LogP contribution in [0.3, 0.4) is 0 Å². The summed E-state index contributed by atoms with van der Waals surface area (Å²) >= 11 is 1.46. The Kier molecular flexibility index (Phi) is 8.39. The van der Waals surface area contributed by atoms with Gasteiger partial charge in [-0.15, -0.1) is 11.3 Å². The SMILES string of the molecule is CCOCCCNC(=O)CC1CCN(C(=O)c2sc(-c3ccccc3)nc2C)CC1. The van der Waals surface area contributed by atoms with Gasteiger partial charge >= 0.3 is 0 Å². The van der Waals surface area contributed by atoms with Gasteiger partial charge in [-0.2, -0.15) is 0 Å². The van der Waals surface area contributed by atoms with Crippen molar-refractivity contribution in [3.63, 3.8) is 0 Å². The second-order valence-corrected chi connectivity index (χ2v) is 8.64. The summed E-state index contributed by atoms with van der Waals surface area (Å²) < 4.78 is 5.28. The summed E-state index contributed by atoms with van der Waals surface area (Å²) in [5.74, 6) is 0.497. The fourth-order valence-corrected chi connectivity index (χ4v) is 4.70. The molecule has 30 heavy (non-hydrogen) atoms. The Labute approximate surface area is 182 Å². The molecule has 0 bridgehead atoms. The zero-order valence-corrected chi connectivity index (χ0v) is 18.7. The van der Waals surface area contributed by atoms with Crippen LogP contribution in [0.15, 0.2) is 30.3 Å². The molecular formula is C23H31N3O3S. The van der Waals surface area contributed by atoms with Crippen molar-refractivity contribution in [2.45, 2.75) is 39.5 Å². The van der Waals surface area contributed by atoms with Crippen molar-refractivity contribution in [1.82, 2.24) is 15.2 Å². The van der Waals surface area contributed by atoms with E-state index in [-0.39, 0.29) is 11.8 Å². The number of hydrogen-bond donors (Lipinski definition) is 1. The fourth-order valence-electron chi connectivity index (χ4n) is 3.66. The first-order valence-electron chi connectivity index (χ1n) is 10.7. The third-order valence-corrected chi connectivity index (χ3v) is 6.57. The van der Waals surface area contributed by atoms with Crippen LogP contribution < -0.4 is 5.32 Å². The van der Waals surface area contributed by atoms with Gasteiger partial charge in [-0.05, 0) is 39.0 Å². The van der Waals surface area contributed by atoms with Crippen LogP contribution in [0.2, 0.25) is 0 Å². The first-order chi connectivity index (χ1) is 14.6. The van der Waals surface area contributed by atoms with Crippen molar-refractivity contribution in [3.8, 4) is 10.6 Å². The highest BCUT2D eigenvalue weighted by molar-refractivity contribution is 7.17. The van der Waals surface area contributed by atoms with Crippen molar-refractivity contribution in [2.24, 2.45) is 5.92 Å². The minimum atomic E-state index is 0.0611. The molecular weight excluding hydrogens is 398 g/mol. The summed E-state index contributed by atoms with van der Waals surface area (Å²) in [5.41, 5.74) is 1.83. The molecule has 1 N–H and O–H groups in total. The highest BCUT2D eigenvalue weighted by atomic mass is 32.1. The Bertz CT molecular complexity index is 829. The standard InChI is InChI=1S/C23H31N3O3S/c1-3-29-15-7-12-24-20(27)16-18-10-13-26(14-11-18)23(28)21-17(2)25-22(30-21)19-8-5-4-6-9-19/h4-6,8-9,18H,3,7,10-16H2,1-2H3,(H,24,27). The van der Waals surface area contributed by atoms with E-state index in [4.69, 9.17) is 4.74 Å². The minimum Gasteiger partial charge on any atom is -0.382 e. The van der Waals surface area contributed by atoms with Gasteiger partial charge in [-0.3, -0.25) is 9.59 Å². The summed E-state index contributed by atoms with van der Waals surface area (Å²) in [6, 6.07) is 9.96. The smallest absolute Gasteiger partial charge is 0.265 e. The van der Waals surface area contributed by atoms with E-state index >= 15 is 0 Å². The average molecular weight is 430 g/mol. The number of aromatic nitrogens is 1. The maximum Gasteiger partial charge on any atom is 0.265 e. The molecule has 0 atom stereocenters. The van der Waals surface area contributed by atoms with E-state index < -0.39 is 0 Å². The van der Waals surface area contributed by atoms with Gasteiger partial charge in [0.05, 0.1) is 5.69 Å². The molecule has 0 saturated carbocycles. The number of carbonyl (C=O) groups excluding carboxylic acids is 2. The summed E-state index contributed by atoms with van der Waals surface area (Å²) in [5, 5.41) is 3.85. The molecule has 1 fully saturated rings. The van der Waals surface area contributed by atoms with Gasteiger partial charge in [0.1, 0.15) is 9.88 Å². The molecule has 1 aromatic carbocycles. The van der Waals surface area contributed by atoms with E-state index in [0.717, 1.165) is 40.4 Å². The van der Waals surface area contributed by atoms with Crippen molar-refractivity contribution in [1.29, 1.82) is 0 Å². The molecule has 2 heterocycles. The van der Waals surface area contributed by atoms with Crippen LogP contribution in [0.1, 0.15) is 48.0 Å². The van der Waals surface area contributed by atoms with Crippen molar-refractivity contribution in [2.75, 3.05) is 32.8 Å². The summed E-state index contributed by atoms with van der Waals surface area (Å²) in [6.45, 7) is 7.30. The predicted molar refractivity (Wildman–Crippen MR) is 120 cm³/mol. The zero-order chi connectivity index (χ0) is 21.3. The topological polar surface area (TPSA) is 71.5 Å². The normalized spacial score (nSPS) is 14.7. The van der Waals surface area contributed by atoms with Crippen LogP contribution in [-0.2, 0) is 9.53 Å². The molecule has 0 radical (unpaired) electrons. The maximum atomic E-state index is 13.0. The highest BCUT2D eigenvalue weighted by Crippen LogP contribution is 2.30. The second-order valence-electron chi connectivity index (χ2n) is 7.64. The first-order valence-corrected chi connectivity index (χ1v) is 11.6. The van der Waals surface area contributed by atoms with E-state index in [0.29, 0.717) is 45.2 Å². The molecule has 162 valence electrons. The number of likely N-dealkylation sites (tertiary alicyclic amines) is 1. The monoisotopic (exact) mass is 429 g/mol. The minimum absolute atomic E-state index is 0.0611. The molecule has 1 aliphatic rings. The molecule has 2 amide bonds. The fraction of sp³-hybridized carbons (Fsp3) is 0.522. The number of aryl methyl sites for hydroxylation is 1. The molecule has 0 aliphatic carbocycles. The number of amides is 2. The van der Waals surface area contributed by atoms with Gasteiger partial charge in [0.2, 0.25) is 5.91 Å². The van der Waals surface area contributed by atoms with Crippen molar-refractivity contribution in [3.05, 3.63) is 40.9 Å². The van der Waals surface area contributed by atoms with E-state index in [1.807, 2.05) is 49.1 Å². The molecule has 0 unspecified atom stereocenters. The Morgan fingerprint density at radius 1 is 1.23 bits per heavy atom. The Hall–Kier alpha value is -2.25. The molecule has 0 spiro atoms. The number of nitrogens with one attached hydrogen (secondary N) is 1. The van der Waals surface area contributed by atoms with E-state index in [1.165, 1.54) is 11.3 Å². The third-order valence-electron chi connectivity index (χ3n) is 5.38. The number of thiazole rings is 1. The lowest BCUT2D eigenvalue weighted by Gasteiger charge is -2.31. The number of benzene rings is 1. The quantitative estimate of drug-likeness (QED) is 0.614. The van der Waals surface area contributed by atoms with Gasteiger partial charge in [0.25, 0.3) is 5.91 Å². The lowest BCUT2D eigenvalue weighted by atomic mass is 9.93. The Morgan fingerprint density at radius 3 is 2.67 bits per heavy atom. The maximum absolute atomic E-state index is 13.0. The van der Waals surface area contributed by atoms with Crippen LogP contribution in [0.5, 0.6) is 0 Å². The summed E-state index contributed by atoms with van der Waals surface area (Å²) in [4.78, 5) is 32.4.